The first-order valence-corrected chi connectivity index (χ1v) is 9.68. The summed E-state index contributed by atoms with van der Waals surface area (Å²) in [5.41, 5.74) is -0.246. The van der Waals surface area contributed by atoms with Crippen molar-refractivity contribution in [3.05, 3.63) is 0 Å². The molecule has 0 bridgehead atoms. The van der Waals surface area contributed by atoms with E-state index < -0.39 is 15.9 Å². The first-order valence-electron chi connectivity index (χ1n) is 7.73. The maximum atomic E-state index is 11.8. The zero-order valence-corrected chi connectivity index (χ0v) is 14.4. The Bertz CT molecular complexity index is 401. The Kier molecular flexibility index (Phi) is 6.05. The molecule has 1 aliphatic rings. The molecule has 1 rings (SSSR count). The van der Waals surface area contributed by atoms with Crippen molar-refractivity contribution in [2.24, 2.45) is 5.92 Å². The van der Waals surface area contributed by atoms with Gasteiger partial charge in [0.1, 0.15) is 9.84 Å². The third kappa shape index (κ3) is 3.55. The van der Waals surface area contributed by atoms with Gasteiger partial charge in [-0.25, -0.2) is 8.42 Å². The number of nitrogens with zero attached hydrogens (tertiary/aromatic N) is 1. The Hall–Kier alpha value is -0.130. The number of aliphatic hydroxyl groups excluding tert-OH is 1. The molecule has 0 saturated heterocycles. The summed E-state index contributed by atoms with van der Waals surface area (Å²) in [6, 6.07) is 0. The van der Waals surface area contributed by atoms with E-state index >= 15 is 0 Å². The van der Waals surface area contributed by atoms with Crippen LogP contribution in [-0.2, 0) is 9.84 Å². The van der Waals surface area contributed by atoms with Crippen molar-refractivity contribution < 1.29 is 13.5 Å². The van der Waals surface area contributed by atoms with Gasteiger partial charge in [-0.15, -0.1) is 0 Å². The zero-order valence-electron chi connectivity index (χ0n) is 13.6. The third-order valence-electron chi connectivity index (χ3n) is 5.38. The standard InChI is InChI=1S/C15H31NO3S/c1-6-15(7-2,16(3)4)14(17)12-9-8-10-13(11-12)20(5,18)19/h12-14,17H,6-11H2,1-5H3. The Morgan fingerprint density at radius 2 is 1.80 bits per heavy atom. The molecule has 20 heavy (non-hydrogen) atoms. The van der Waals surface area contributed by atoms with Gasteiger partial charge < -0.3 is 10.0 Å². The highest BCUT2D eigenvalue weighted by Crippen LogP contribution is 2.38. The Morgan fingerprint density at radius 1 is 1.25 bits per heavy atom. The van der Waals surface area contributed by atoms with Crippen LogP contribution in [0.5, 0.6) is 0 Å². The lowest BCUT2D eigenvalue weighted by molar-refractivity contribution is -0.0550. The molecular formula is C15H31NO3S. The molecule has 0 heterocycles. The summed E-state index contributed by atoms with van der Waals surface area (Å²) in [7, 11) is 1.02. The van der Waals surface area contributed by atoms with E-state index in [9.17, 15) is 13.5 Å². The smallest absolute Gasteiger partial charge is 0.150 e. The quantitative estimate of drug-likeness (QED) is 0.816. The molecular weight excluding hydrogens is 274 g/mol. The minimum Gasteiger partial charge on any atom is -0.391 e. The second kappa shape index (κ2) is 6.75. The molecule has 0 radical (unpaired) electrons. The molecule has 120 valence electrons. The first kappa shape index (κ1) is 17.9. The lowest BCUT2D eigenvalue weighted by Gasteiger charge is -2.47. The highest BCUT2D eigenvalue weighted by molar-refractivity contribution is 7.91. The van der Waals surface area contributed by atoms with Crippen molar-refractivity contribution in [2.75, 3.05) is 20.4 Å². The van der Waals surface area contributed by atoms with Crippen LogP contribution in [0.25, 0.3) is 0 Å². The summed E-state index contributed by atoms with van der Waals surface area (Å²) >= 11 is 0. The van der Waals surface area contributed by atoms with Crippen molar-refractivity contribution in [1.82, 2.24) is 4.90 Å². The van der Waals surface area contributed by atoms with E-state index in [2.05, 4.69) is 18.7 Å². The van der Waals surface area contributed by atoms with E-state index in [0.717, 1.165) is 32.1 Å². The monoisotopic (exact) mass is 305 g/mol. The van der Waals surface area contributed by atoms with Gasteiger partial charge >= 0.3 is 0 Å². The van der Waals surface area contributed by atoms with Gasteiger partial charge in [0.05, 0.1) is 11.4 Å². The van der Waals surface area contributed by atoms with E-state index in [1.807, 2.05) is 14.1 Å². The van der Waals surface area contributed by atoms with Crippen LogP contribution in [-0.4, -0.2) is 55.7 Å². The van der Waals surface area contributed by atoms with Gasteiger partial charge in [0, 0.05) is 11.8 Å². The van der Waals surface area contributed by atoms with Crippen LogP contribution < -0.4 is 0 Å². The SMILES string of the molecule is CCC(CC)(C(O)C1CCCC(S(C)(=O)=O)C1)N(C)C. The number of likely N-dealkylation sites (N-methyl/N-ethyl adjacent to an activating group) is 1. The molecule has 3 unspecified atom stereocenters. The summed E-state index contributed by atoms with van der Waals surface area (Å²) in [5, 5.41) is 10.6. The average Bonchev–Trinajstić information content (AvgIpc) is 2.39. The minimum atomic E-state index is -3.00. The Labute approximate surface area is 124 Å². The fraction of sp³-hybridized carbons (Fsp3) is 1.00. The molecule has 0 spiro atoms. The van der Waals surface area contributed by atoms with Gasteiger partial charge in [-0.05, 0) is 52.1 Å². The normalized spacial score (nSPS) is 26.8. The fourth-order valence-electron chi connectivity index (χ4n) is 3.86. The molecule has 4 nitrogen and oxygen atoms in total. The van der Waals surface area contributed by atoms with Crippen molar-refractivity contribution >= 4 is 9.84 Å². The van der Waals surface area contributed by atoms with Crippen molar-refractivity contribution in [3.63, 3.8) is 0 Å². The van der Waals surface area contributed by atoms with Crippen molar-refractivity contribution in [3.8, 4) is 0 Å². The molecule has 3 atom stereocenters. The van der Waals surface area contributed by atoms with Crippen LogP contribution in [0.3, 0.4) is 0 Å². The van der Waals surface area contributed by atoms with Gasteiger partial charge in [-0.3, -0.25) is 0 Å². The van der Waals surface area contributed by atoms with Crippen LogP contribution in [0.4, 0.5) is 0 Å². The highest BCUT2D eigenvalue weighted by Gasteiger charge is 2.43. The van der Waals surface area contributed by atoms with Gasteiger partial charge in [-0.1, -0.05) is 20.3 Å². The topological polar surface area (TPSA) is 57.6 Å². The molecule has 1 fully saturated rings. The maximum Gasteiger partial charge on any atom is 0.150 e. The number of rotatable bonds is 6. The van der Waals surface area contributed by atoms with Crippen LogP contribution in [0, 0.1) is 5.92 Å². The van der Waals surface area contributed by atoms with E-state index in [0.29, 0.717) is 6.42 Å². The molecule has 0 aliphatic heterocycles. The van der Waals surface area contributed by atoms with Crippen molar-refractivity contribution in [2.45, 2.75) is 69.3 Å². The van der Waals surface area contributed by atoms with Gasteiger partial charge in [0.25, 0.3) is 0 Å². The maximum absolute atomic E-state index is 11.8. The van der Waals surface area contributed by atoms with Crippen molar-refractivity contribution in [1.29, 1.82) is 0 Å². The largest absolute Gasteiger partial charge is 0.391 e. The number of hydrogen-bond donors (Lipinski definition) is 1. The molecule has 0 aromatic carbocycles. The summed E-state index contributed by atoms with van der Waals surface area (Å²) in [6.07, 6.45) is 5.79. The summed E-state index contributed by atoms with van der Waals surface area (Å²) in [6.45, 7) is 4.20. The van der Waals surface area contributed by atoms with Crippen LogP contribution in [0.1, 0.15) is 52.4 Å². The third-order valence-corrected chi connectivity index (χ3v) is 7.02. The minimum absolute atomic E-state index is 0.0887. The van der Waals surface area contributed by atoms with Crippen LogP contribution >= 0.6 is 0 Å². The van der Waals surface area contributed by atoms with E-state index in [1.54, 1.807) is 0 Å². The lowest BCUT2D eigenvalue weighted by Crippen LogP contribution is -2.56. The lowest BCUT2D eigenvalue weighted by atomic mass is 9.73. The number of aliphatic hydroxyl groups is 1. The van der Waals surface area contributed by atoms with E-state index in [1.165, 1.54) is 6.26 Å². The fourth-order valence-corrected chi connectivity index (χ4v) is 5.05. The highest BCUT2D eigenvalue weighted by atomic mass is 32.2. The summed E-state index contributed by atoms with van der Waals surface area (Å²) < 4.78 is 23.6. The number of sulfone groups is 1. The Balaban J connectivity index is 2.92. The molecule has 5 heteroatoms. The first-order chi connectivity index (χ1) is 9.19. The van der Waals surface area contributed by atoms with Crippen LogP contribution in [0.2, 0.25) is 0 Å². The molecule has 1 saturated carbocycles. The molecule has 0 aromatic heterocycles. The molecule has 0 aromatic rings. The molecule has 1 aliphatic carbocycles. The Morgan fingerprint density at radius 3 is 2.20 bits per heavy atom. The van der Waals surface area contributed by atoms with E-state index in [4.69, 9.17) is 0 Å². The van der Waals surface area contributed by atoms with Gasteiger partial charge in [0.2, 0.25) is 0 Å². The predicted octanol–water partition coefficient (Wildman–Crippen LogP) is 2.07. The predicted molar refractivity (Wildman–Crippen MR) is 83.6 cm³/mol. The average molecular weight is 305 g/mol. The second-order valence-electron chi connectivity index (χ2n) is 6.53. The zero-order chi connectivity index (χ0) is 15.6. The summed E-state index contributed by atoms with van der Waals surface area (Å²) in [4.78, 5) is 2.11. The summed E-state index contributed by atoms with van der Waals surface area (Å²) in [5.74, 6) is 0.0887. The van der Waals surface area contributed by atoms with Crippen LogP contribution in [0.15, 0.2) is 0 Å². The van der Waals surface area contributed by atoms with Gasteiger partial charge in [0.15, 0.2) is 0 Å². The molecule has 0 amide bonds. The van der Waals surface area contributed by atoms with Gasteiger partial charge in [-0.2, -0.15) is 0 Å². The molecule has 1 N–H and O–H groups in total. The second-order valence-corrected chi connectivity index (χ2v) is 8.85. The van der Waals surface area contributed by atoms with E-state index in [-0.39, 0.29) is 16.7 Å². The number of hydrogen-bond acceptors (Lipinski definition) is 4.